The largest absolute Gasteiger partial charge is 0.462 e. The Morgan fingerprint density at radius 1 is 0.294 bits per heavy atom. The third-order valence-electron chi connectivity index (χ3n) is 13.4. The summed E-state index contributed by atoms with van der Waals surface area (Å²) in [6.45, 7) is 6.65. The molecule has 0 amide bonds. The Balaban J connectivity index is 4.37. The molecular weight excluding hydrogens is 841 g/mol. The number of carbonyl (C=O) groups excluding carboxylic acids is 3. The van der Waals surface area contributed by atoms with Crippen molar-refractivity contribution in [3.63, 3.8) is 0 Å². The Morgan fingerprint density at radius 3 is 0.838 bits per heavy atom. The summed E-state index contributed by atoms with van der Waals surface area (Å²) in [7, 11) is 0. The lowest BCUT2D eigenvalue weighted by Crippen LogP contribution is -2.30. The van der Waals surface area contributed by atoms with Gasteiger partial charge in [0, 0.05) is 19.3 Å². The van der Waals surface area contributed by atoms with E-state index in [1.54, 1.807) is 0 Å². The fraction of sp³-hybridized carbons (Fsp3) is 0.855. The highest BCUT2D eigenvalue weighted by Gasteiger charge is 2.19. The van der Waals surface area contributed by atoms with Crippen LogP contribution in [0.15, 0.2) is 36.5 Å². The Labute approximate surface area is 423 Å². The van der Waals surface area contributed by atoms with Crippen molar-refractivity contribution < 1.29 is 28.6 Å². The second-order valence-electron chi connectivity index (χ2n) is 20.3. The zero-order chi connectivity index (χ0) is 49.3. The van der Waals surface area contributed by atoms with Crippen LogP contribution < -0.4 is 0 Å². The summed E-state index contributed by atoms with van der Waals surface area (Å²) in [6, 6.07) is 0. The minimum Gasteiger partial charge on any atom is -0.462 e. The minimum absolute atomic E-state index is 0.0804. The van der Waals surface area contributed by atoms with Crippen molar-refractivity contribution in [1.82, 2.24) is 0 Å². The molecule has 6 heteroatoms. The average molecular weight is 956 g/mol. The van der Waals surface area contributed by atoms with Crippen LogP contribution in [-0.4, -0.2) is 37.2 Å². The zero-order valence-corrected chi connectivity index (χ0v) is 45.6. The Kier molecular flexibility index (Phi) is 55.2. The van der Waals surface area contributed by atoms with Crippen LogP contribution in [-0.2, 0) is 28.6 Å². The van der Waals surface area contributed by atoms with Crippen LogP contribution in [0.5, 0.6) is 0 Å². The summed E-state index contributed by atoms with van der Waals surface area (Å²) < 4.78 is 16.9. The molecule has 0 radical (unpaired) electrons. The first kappa shape index (κ1) is 65.6. The van der Waals surface area contributed by atoms with Gasteiger partial charge in [0.15, 0.2) is 6.10 Å². The molecule has 0 rings (SSSR count). The van der Waals surface area contributed by atoms with E-state index < -0.39 is 6.10 Å². The number of allylic oxidation sites excluding steroid dienone is 6. The summed E-state index contributed by atoms with van der Waals surface area (Å²) in [5, 5.41) is 0. The lowest BCUT2D eigenvalue weighted by molar-refractivity contribution is -0.167. The van der Waals surface area contributed by atoms with E-state index in [1.165, 1.54) is 212 Å². The third-order valence-corrected chi connectivity index (χ3v) is 13.4. The van der Waals surface area contributed by atoms with E-state index in [-0.39, 0.29) is 31.1 Å². The fourth-order valence-electron chi connectivity index (χ4n) is 8.84. The van der Waals surface area contributed by atoms with Gasteiger partial charge in [-0.15, -0.1) is 0 Å². The normalized spacial score (nSPS) is 12.2. The Bertz CT molecular complexity index is 1140. The van der Waals surface area contributed by atoms with Crippen molar-refractivity contribution in [2.75, 3.05) is 13.2 Å². The van der Waals surface area contributed by atoms with E-state index in [4.69, 9.17) is 14.2 Å². The van der Waals surface area contributed by atoms with E-state index in [9.17, 15) is 14.4 Å². The quantitative estimate of drug-likeness (QED) is 0.0199. The number of hydrogen-bond donors (Lipinski definition) is 0. The van der Waals surface area contributed by atoms with Gasteiger partial charge in [-0.1, -0.05) is 269 Å². The van der Waals surface area contributed by atoms with Crippen LogP contribution in [0.3, 0.4) is 0 Å². The van der Waals surface area contributed by atoms with Gasteiger partial charge < -0.3 is 14.2 Å². The molecule has 0 aromatic carbocycles. The van der Waals surface area contributed by atoms with E-state index in [0.717, 1.165) is 70.6 Å². The lowest BCUT2D eigenvalue weighted by atomic mass is 10.0. The van der Waals surface area contributed by atoms with E-state index >= 15 is 0 Å². The summed E-state index contributed by atoms with van der Waals surface area (Å²) in [4.78, 5) is 38.2. The molecular formula is C62H114O6. The SMILES string of the molecule is CCCCCCCCC/C=C\C=C/CCCCCC(=O)OC(COC(=O)CCCCCCCCC/C=C\CCCCCCCCCC)COC(=O)CCCCCCCCCCCCCCCCC. The van der Waals surface area contributed by atoms with Crippen LogP contribution in [0.2, 0.25) is 0 Å². The molecule has 0 bridgehead atoms. The number of rotatable bonds is 55. The maximum atomic E-state index is 12.9. The van der Waals surface area contributed by atoms with Gasteiger partial charge >= 0.3 is 17.9 Å². The first-order chi connectivity index (χ1) is 33.5. The van der Waals surface area contributed by atoms with Crippen molar-refractivity contribution in [2.24, 2.45) is 0 Å². The van der Waals surface area contributed by atoms with Crippen molar-refractivity contribution >= 4 is 17.9 Å². The monoisotopic (exact) mass is 955 g/mol. The van der Waals surface area contributed by atoms with Crippen molar-refractivity contribution in [2.45, 2.75) is 329 Å². The predicted octanol–water partition coefficient (Wildman–Crippen LogP) is 20.0. The zero-order valence-electron chi connectivity index (χ0n) is 45.6. The number of unbranched alkanes of at least 4 members (excludes halogenated alkanes) is 39. The van der Waals surface area contributed by atoms with Crippen LogP contribution in [0, 0.1) is 0 Å². The summed E-state index contributed by atoms with van der Waals surface area (Å²) in [5.74, 6) is -0.892. The highest BCUT2D eigenvalue weighted by atomic mass is 16.6. The highest BCUT2D eigenvalue weighted by Crippen LogP contribution is 2.16. The number of ether oxygens (including phenoxy) is 3. The molecule has 1 atom stereocenters. The number of carbonyl (C=O) groups is 3. The maximum absolute atomic E-state index is 12.9. The van der Waals surface area contributed by atoms with Gasteiger partial charge in [-0.3, -0.25) is 14.4 Å². The van der Waals surface area contributed by atoms with E-state index in [2.05, 4.69) is 57.2 Å². The van der Waals surface area contributed by atoms with Crippen LogP contribution in [0.1, 0.15) is 323 Å². The second kappa shape index (κ2) is 57.2. The molecule has 0 saturated carbocycles. The smallest absolute Gasteiger partial charge is 0.306 e. The third kappa shape index (κ3) is 54.6. The van der Waals surface area contributed by atoms with Gasteiger partial charge in [0.1, 0.15) is 13.2 Å². The predicted molar refractivity (Wildman–Crippen MR) is 293 cm³/mol. The van der Waals surface area contributed by atoms with Crippen LogP contribution >= 0.6 is 0 Å². The molecule has 0 aliphatic rings. The molecule has 68 heavy (non-hydrogen) atoms. The molecule has 0 aromatic heterocycles. The average Bonchev–Trinajstić information content (AvgIpc) is 3.34. The molecule has 0 heterocycles. The number of hydrogen-bond acceptors (Lipinski definition) is 6. The lowest BCUT2D eigenvalue weighted by Gasteiger charge is -2.18. The van der Waals surface area contributed by atoms with Crippen molar-refractivity contribution in [3.8, 4) is 0 Å². The molecule has 0 aromatic rings. The van der Waals surface area contributed by atoms with Gasteiger partial charge in [-0.25, -0.2) is 0 Å². The molecule has 6 nitrogen and oxygen atoms in total. The molecule has 0 fully saturated rings. The summed E-state index contributed by atoms with van der Waals surface area (Å²) in [6.07, 6.45) is 68.5. The maximum Gasteiger partial charge on any atom is 0.306 e. The Morgan fingerprint density at radius 2 is 0.529 bits per heavy atom. The highest BCUT2D eigenvalue weighted by molar-refractivity contribution is 5.71. The van der Waals surface area contributed by atoms with Crippen LogP contribution in [0.25, 0.3) is 0 Å². The van der Waals surface area contributed by atoms with Gasteiger partial charge in [-0.2, -0.15) is 0 Å². The van der Waals surface area contributed by atoms with Crippen molar-refractivity contribution in [1.29, 1.82) is 0 Å². The van der Waals surface area contributed by atoms with Gasteiger partial charge in [0.2, 0.25) is 0 Å². The van der Waals surface area contributed by atoms with Crippen LogP contribution in [0.4, 0.5) is 0 Å². The Hall–Kier alpha value is -2.37. The molecule has 0 N–H and O–H groups in total. The molecule has 0 aliphatic carbocycles. The minimum atomic E-state index is -0.785. The summed E-state index contributed by atoms with van der Waals surface area (Å²) >= 11 is 0. The topological polar surface area (TPSA) is 78.9 Å². The first-order valence-electron chi connectivity index (χ1n) is 30.0. The summed E-state index contributed by atoms with van der Waals surface area (Å²) in [5.41, 5.74) is 0. The van der Waals surface area contributed by atoms with Gasteiger partial charge in [0.25, 0.3) is 0 Å². The van der Waals surface area contributed by atoms with E-state index in [0.29, 0.717) is 19.3 Å². The fourth-order valence-corrected chi connectivity index (χ4v) is 8.84. The second-order valence-corrected chi connectivity index (χ2v) is 20.3. The number of esters is 3. The van der Waals surface area contributed by atoms with Gasteiger partial charge in [-0.05, 0) is 70.6 Å². The molecule has 0 aliphatic heterocycles. The molecule has 0 spiro atoms. The molecule has 0 saturated heterocycles. The van der Waals surface area contributed by atoms with E-state index in [1.807, 2.05) is 0 Å². The molecule has 398 valence electrons. The van der Waals surface area contributed by atoms with Crippen molar-refractivity contribution in [3.05, 3.63) is 36.5 Å². The standard InChI is InChI=1S/C62H114O6/c1-4-7-10-13-16-19-22-25-28-30-31-32-35-37-40-43-46-49-52-55-61(64)67-58-59(57-66-60(63)54-51-48-45-42-39-36-33-27-24-21-18-15-12-9-6-3)68-62(65)56-53-50-47-44-41-38-34-29-26-23-20-17-14-11-8-5-2/h29-31,34,38,41,59H,4-28,32-33,35-37,39-40,42-58H2,1-3H3/b31-30-,34-29-,41-38-. The first-order valence-corrected chi connectivity index (χ1v) is 30.0. The van der Waals surface area contributed by atoms with Gasteiger partial charge in [0.05, 0.1) is 0 Å². The molecule has 1 unspecified atom stereocenters.